The van der Waals surface area contributed by atoms with Gasteiger partial charge in [-0.15, -0.1) is 0 Å². The molecular formula is C23H19FN2O3S. The number of nitrogens with one attached hydrogen (secondary N) is 1. The van der Waals surface area contributed by atoms with Crippen LogP contribution in [-0.4, -0.2) is 23.2 Å². The van der Waals surface area contributed by atoms with Crippen molar-refractivity contribution in [3.05, 3.63) is 90.3 Å². The summed E-state index contributed by atoms with van der Waals surface area (Å²) < 4.78 is 25.1. The molecule has 0 saturated carbocycles. The number of halogens is 1. The van der Waals surface area contributed by atoms with Crippen LogP contribution in [-0.2, 0) is 5.75 Å². The van der Waals surface area contributed by atoms with E-state index in [1.54, 1.807) is 60.5 Å². The Morgan fingerprint density at radius 3 is 2.63 bits per heavy atom. The van der Waals surface area contributed by atoms with E-state index < -0.39 is 5.82 Å². The van der Waals surface area contributed by atoms with Crippen LogP contribution in [0.1, 0.15) is 16.1 Å². The van der Waals surface area contributed by atoms with Gasteiger partial charge in [-0.25, -0.2) is 9.37 Å². The molecule has 0 spiro atoms. The number of amides is 1. The van der Waals surface area contributed by atoms with Crippen LogP contribution in [0.2, 0.25) is 0 Å². The first-order valence-electron chi connectivity index (χ1n) is 9.41. The molecule has 2 aromatic heterocycles. The van der Waals surface area contributed by atoms with Gasteiger partial charge in [0.1, 0.15) is 11.6 Å². The maximum absolute atomic E-state index is 14.0. The molecular weight excluding hydrogens is 403 g/mol. The van der Waals surface area contributed by atoms with Crippen molar-refractivity contribution in [2.45, 2.75) is 5.75 Å². The molecule has 4 rings (SSSR count). The van der Waals surface area contributed by atoms with Crippen LogP contribution < -0.4 is 5.32 Å². The molecule has 0 radical (unpaired) electrons. The van der Waals surface area contributed by atoms with Gasteiger partial charge >= 0.3 is 0 Å². The highest BCUT2D eigenvalue weighted by atomic mass is 32.2. The van der Waals surface area contributed by atoms with Gasteiger partial charge in [0.2, 0.25) is 5.89 Å². The molecule has 0 aliphatic heterocycles. The lowest BCUT2D eigenvalue weighted by molar-refractivity contribution is 0.0956. The third-order valence-electron chi connectivity index (χ3n) is 4.40. The van der Waals surface area contributed by atoms with Crippen LogP contribution in [0, 0.1) is 5.82 Å². The highest BCUT2D eigenvalue weighted by Crippen LogP contribution is 2.29. The van der Waals surface area contributed by atoms with E-state index in [1.165, 1.54) is 12.3 Å². The Hall–Kier alpha value is -3.32. The number of oxazole rings is 1. The number of furan rings is 1. The zero-order chi connectivity index (χ0) is 20.8. The molecule has 0 bridgehead atoms. The van der Waals surface area contributed by atoms with Gasteiger partial charge in [-0.2, -0.15) is 11.8 Å². The summed E-state index contributed by atoms with van der Waals surface area (Å²) in [5.74, 6) is 2.40. The summed E-state index contributed by atoms with van der Waals surface area (Å²) in [6.45, 7) is 0.518. The van der Waals surface area contributed by atoms with E-state index in [9.17, 15) is 9.18 Å². The van der Waals surface area contributed by atoms with Crippen molar-refractivity contribution >= 4 is 17.7 Å². The third kappa shape index (κ3) is 4.63. The fourth-order valence-electron chi connectivity index (χ4n) is 2.95. The molecule has 5 nitrogen and oxygen atoms in total. The summed E-state index contributed by atoms with van der Waals surface area (Å²) in [6.07, 6.45) is 3.11. The number of benzene rings is 2. The van der Waals surface area contributed by atoms with Crippen LogP contribution in [0.15, 0.2) is 82.0 Å². The Kier molecular flexibility index (Phi) is 6.29. The summed E-state index contributed by atoms with van der Waals surface area (Å²) in [5.41, 5.74) is 1.34. The van der Waals surface area contributed by atoms with Crippen LogP contribution >= 0.6 is 11.8 Å². The average Bonchev–Trinajstić information content (AvgIpc) is 3.46. The number of aromatic nitrogens is 1. The lowest BCUT2D eigenvalue weighted by Gasteiger charge is -2.08. The van der Waals surface area contributed by atoms with E-state index in [0.29, 0.717) is 29.0 Å². The van der Waals surface area contributed by atoms with E-state index in [2.05, 4.69) is 10.3 Å². The van der Waals surface area contributed by atoms with Crippen molar-refractivity contribution in [1.29, 1.82) is 0 Å². The fraction of sp³-hybridized carbons (Fsp3) is 0.130. The SMILES string of the molecule is O=C(NCCSCc1ccco1)c1ccccc1-c1ncc(-c2ccccc2F)o1. The minimum absolute atomic E-state index is 0.213. The van der Waals surface area contributed by atoms with Gasteiger partial charge < -0.3 is 14.2 Å². The molecule has 30 heavy (non-hydrogen) atoms. The van der Waals surface area contributed by atoms with Gasteiger partial charge in [-0.05, 0) is 36.4 Å². The van der Waals surface area contributed by atoms with E-state index in [4.69, 9.17) is 8.83 Å². The maximum atomic E-state index is 14.0. The summed E-state index contributed by atoms with van der Waals surface area (Å²) in [7, 11) is 0. The molecule has 0 unspecified atom stereocenters. The molecule has 1 amide bonds. The molecule has 0 atom stereocenters. The summed E-state index contributed by atoms with van der Waals surface area (Å²) in [4.78, 5) is 17.0. The lowest BCUT2D eigenvalue weighted by Crippen LogP contribution is -2.26. The van der Waals surface area contributed by atoms with Crippen LogP contribution in [0.4, 0.5) is 4.39 Å². The molecule has 152 valence electrons. The van der Waals surface area contributed by atoms with Gasteiger partial charge in [0, 0.05) is 17.9 Å². The number of carbonyl (C=O) groups excluding carboxylic acids is 1. The molecule has 0 fully saturated rings. The topological polar surface area (TPSA) is 68.3 Å². The summed E-state index contributed by atoms with van der Waals surface area (Å²) in [6, 6.07) is 17.2. The number of carbonyl (C=O) groups is 1. The van der Waals surface area contributed by atoms with E-state index in [1.807, 2.05) is 12.1 Å². The molecule has 0 aliphatic rings. The maximum Gasteiger partial charge on any atom is 0.252 e. The number of hydrogen-bond acceptors (Lipinski definition) is 5. The predicted molar refractivity (Wildman–Crippen MR) is 115 cm³/mol. The van der Waals surface area contributed by atoms with Gasteiger partial charge in [0.15, 0.2) is 5.76 Å². The van der Waals surface area contributed by atoms with Gasteiger partial charge in [-0.3, -0.25) is 4.79 Å². The smallest absolute Gasteiger partial charge is 0.252 e. The zero-order valence-corrected chi connectivity index (χ0v) is 16.8. The quantitative estimate of drug-likeness (QED) is 0.385. The number of thioether (sulfide) groups is 1. The van der Waals surface area contributed by atoms with Crippen LogP contribution in [0.25, 0.3) is 22.8 Å². The summed E-state index contributed by atoms with van der Waals surface area (Å²) in [5, 5.41) is 2.92. The standard InChI is InChI=1S/C23H19FN2O3S/c24-20-10-4-3-9-19(20)21-14-26-23(29-21)18-8-2-1-7-17(18)22(27)25-11-13-30-15-16-6-5-12-28-16/h1-10,12,14H,11,13,15H2,(H,25,27). The minimum Gasteiger partial charge on any atom is -0.468 e. The zero-order valence-electron chi connectivity index (χ0n) is 16.0. The highest BCUT2D eigenvalue weighted by Gasteiger charge is 2.17. The first kappa shape index (κ1) is 20.0. The first-order valence-corrected chi connectivity index (χ1v) is 10.6. The highest BCUT2D eigenvalue weighted by molar-refractivity contribution is 7.98. The van der Waals surface area contributed by atoms with E-state index in [0.717, 1.165) is 17.3 Å². The predicted octanol–water partition coefficient (Wildman–Crippen LogP) is 5.40. The number of nitrogens with zero attached hydrogens (tertiary/aromatic N) is 1. The fourth-order valence-corrected chi connectivity index (χ4v) is 3.71. The van der Waals surface area contributed by atoms with Crippen molar-refractivity contribution in [2.75, 3.05) is 12.3 Å². The van der Waals surface area contributed by atoms with Crippen molar-refractivity contribution in [1.82, 2.24) is 10.3 Å². The largest absolute Gasteiger partial charge is 0.468 e. The second-order valence-corrected chi connectivity index (χ2v) is 7.55. The number of hydrogen-bond donors (Lipinski definition) is 1. The lowest BCUT2D eigenvalue weighted by atomic mass is 10.1. The van der Waals surface area contributed by atoms with E-state index in [-0.39, 0.29) is 11.8 Å². The van der Waals surface area contributed by atoms with Crippen LogP contribution in [0.5, 0.6) is 0 Å². The normalized spacial score (nSPS) is 10.8. The Balaban J connectivity index is 1.42. The van der Waals surface area contributed by atoms with Crippen molar-refractivity contribution in [3.63, 3.8) is 0 Å². The van der Waals surface area contributed by atoms with Gasteiger partial charge in [-0.1, -0.05) is 24.3 Å². The first-order chi connectivity index (χ1) is 14.7. The second kappa shape index (κ2) is 9.45. The Morgan fingerprint density at radius 2 is 1.83 bits per heavy atom. The molecule has 1 N–H and O–H groups in total. The number of rotatable bonds is 8. The van der Waals surface area contributed by atoms with E-state index >= 15 is 0 Å². The van der Waals surface area contributed by atoms with Gasteiger partial charge in [0.25, 0.3) is 5.91 Å². The van der Waals surface area contributed by atoms with Crippen LogP contribution in [0.3, 0.4) is 0 Å². The Labute approximate surface area is 177 Å². The summed E-state index contributed by atoms with van der Waals surface area (Å²) >= 11 is 1.68. The molecule has 4 aromatic rings. The van der Waals surface area contributed by atoms with Crippen molar-refractivity contribution in [3.8, 4) is 22.8 Å². The van der Waals surface area contributed by atoms with Crippen molar-refractivity contribution < 1.29 is 18.0 Å². The molecule has 7 heteroatoms. The Morgan fingerprint density at radius 1 is 1.03 bits per heavy atom. The molecule has 2 heterocycles. The Bertz CT molecular complexity index is 1120. The molecule has 0 aliphatic carbocycles. The monoisotopic (exact) mass is 422 g/mol. The minimum atomic E-state index is -0.390. The average molecular weight is 422 g/mol. The van der Waals surface area contributed by atoms with Crippen molar-refractivity contribution in [2.24, 2.45) is 0 Å². The van der Waals surface area contributed by atoms with Gasteiger partial charge in [0.05, 0.1) is 29.3 Å². The molecule has 0 saturated heterocycles. The second-order valence-electron chi connectivity index (χ2n) is 6.44. The molecule has 2 aromatic carbocycles. The third-order valence-corrected chi connectivity index (χ3v) is 5.38.